The lowest BCUT2D eigenvalue weighted by Gasteiger charge is -2.12. The molecule has 1 atom stereocenters. The number of anilines is 1. The first kappa shape index (κ1) is 11.9. The summed E-state index contributed by atoms with van der Waals surface area (Å²) in [5.74, 6) is 0. The molecule has 0 aliphatic carbocycles. The summed E-state index contributed by atoms with van der Waals surface area (Å²) in [6.45, 7) is 0.542. The molecule has 84 valence electrons. The molecule has 1 aromatic carbocycles. The van der Waals surface area contributed by atoms with Crippen LogP contribution in [-0.4, -0.2) is 11.7 Å². The van der Waals surface area contributed by atoms with Crippen LogP contribution in [0.4, 0.5) is 5.69 Å². The largest absolute Gasteiger partial charge is 0.386 e. The van der Waals surface area contributed by atoms with Crippen molar-refractivity contribution in [1.29, 1.82) is 0 Å². The SMILES string of the molecule is OC(CNc1ccccc1I)c1cccs1. The smallest absolute Gasteiger partial charge is 0.105 e. The van der Waals surface area contributed by atoms with Crippen LogP contribution in [0.2, 0.25) is 0 Å². The molecule has 2 nitrogen and oxygen atoms in total. The van der Waals surface area contributed by atoms with Crippen molar-refractivity contribution in [1.82, 2.24) is 0 Å². The van der Waals surface area contributed by atoms with E-state index in [0.29, 0.717) is 6.54 Å². The molecule has 16 heavy (non-hydrogen) atoms. The summed E-state index contributed by atoms with van der Waals surface area (Å²) >= 11 is 3.86. The quantitative estimate of drug-likeness (QED) is 0.832. The van der Waals surface area contributed by atoms with E-state index in [4.69, 9.17) is 0 Å². The van der Waals surface area contributed by atoms with Gasteiger partial charge in [-0.3, -0.25) is 0 Å². The Morgan fingerprint density at radius 2 is 2.06 bits per heavy atom. The molecular weight excluding hydrogens is 333 g/mol. The highest BCUT2D eigenvalue weighted by Gasteiger charge is 2.08. The predicted octanol–water partition coefficient (Wildman–Crippen LogP) is 3.50. The van der Waals surface area contributed by atoms with Gasteiger partial charge in [0.15, 0.2) is 0 Å². The molecule has 2 aromatic rings. The van der Waals surface area contributed by atoms with Crippen molar-refractivity contribution in [2.45, 2.75) is 6.10 Å². The number of hydrogen-bond donors (Lipinski definition) is 2. The van der Waals surface area contributed by atoms with E-state index >= 15 is 0 Å². The molecule has 1 unspecified atom stereocenters. The van der Waals surface area contributed by atoms with Crippen molar-refractivity contribution in [2.75, 3.05) is 11.9 Å². The van der Waals surface area contributed by atoms with Crippen LogP contribution in [0.5, 0.6) is 0 Å². The van der Waals surface area contributed by atoms with Gasteiger partial charge >= 0.3 is 0 Å². The van der Waals surface area contributed by atoms with E-state index < -0.39 is 6.10 Å². The minimum absolute atomic E-state index is 0.434. The maximum Gasteiger partial charge on any atom is 0.105 e. The van der Waals surface area contributed by atoms with Crippen molar-refractivity contribution >= 4 is 39.6 Å². The van der Waals surface area contributed by atoms with Crippen LogP contribution in [0, 0.1) is 3.57 Å². The number of aliphatic hydroxyl groups excluding tert-OH is 1. The molecular formula is C12H12INOS. The van der Waals surface area contributed by atoms with Crippen molar-refractivity contribution in [3.63, 3.8) is 0 Å². The monoisotopic (exact) mass is 345 g/mol. The van der Waals surface area contributed by atoms with Crippen molar-refractivity contribution in [3.8, 4) is 0 Å². The van der Waals surface area contributed by atoms with E-state index in [0.717, 1.165) is 10.6 Å². The summed E-state index contributed by atoms with van der Waals surface area (Å²) in [6, 6.07) is 12.0. The fraction of sp³-hybridized carbons (Fsp3) is 0.167. The first-order valence-electron chi connectivity index (χ1n) is 4.97. The average molecular weight is 345 g/mol. The number of aliphatic hydroxyl groups is 1. The van der Waals surface area contributed by atoms with E-state index in [1.807, 2.05) is 41.8 Å². The van der Waals surface area contributed by atoms with Gasteiger partial charge in [-0.15, -0.1) is 11.3 Å². The van der Waals surface area contributed by atoms with Gasteiger partial charge in [-0.2, -0.15) is 0 Å². The van der Waals surface area contributed by atoms with Crippen LogP contribution in [0.15, 0.2) is 41.8 Å². The summed E-state index contributed by atoms with van der Waals surface area (Å²) < 4.78 is 1.17. The van der Waals surface area contributed by atoms with Crippen LogP contribution in [0.3, 0.4) is 0 Å². The zero-order chi connectivity index (χ0) is 11.4. The summed E-state index contributed by atoms with van der Waals surface area (Å²) in [7, 11) is 0. The Hall–Kier alpha value is -0.590. The van der Waals surface area contributed by atoms with E-state index in [-0.39, 0.29) is 0 Å². The number of thiophene rings is 1. The molecule has 0 fully saturated rings. The maximum absolute atomic E-state index is 9.91. The van der Waals surface area contributed by atoms with Gasteiger partial charge in [0.05, 0.1) is 0 Å². The Balaban J connectivity index is 1.95. The lowest BCUT2D eigenvalue weighted by molar-refractivity contribution is 0.195. The minimum atomic E-state index is -0.434. The van der Waals surface area contributed by atoms with Crippen LogP contribution in [0.1, 0.15) is 11.0 Å². The van der Waals surface area contributed by atoms with Gasteiger partial charge in [-0.05, 0) is 46.2 Å². The number of para-hydroxylation sites is 1. The average Bonchev–Trinajstić information content (AvgIpc) is 2.81. The lowest BCUT2D eigenvalue weighted by atomic mass is 10.2. The van der Waals surface area contributed by atoms with Gasteiger partial charge in [-0.25, -0.2) is 0 Å². The van der Waals surface area contributed by atoms with Gasteiger partial charge < -0.3 is 10.4 Å². The molecule has 0 saturated heterocycles. The molecule has 0 bridgehead atoms. The molecule has 0 radical (unpaired) electrons. The number of hydrogen-bond acceptors (Lipinski definition) is 3. The third-order valence-electron chi connectivity index (χ3n) is 2.23. The second kappa shape index (κ2) is 5.65. The van der Waals surface area contributed by atoms with Crippen LogP contribution in [0.25, 0.3) is 0 Å². The molecule has 1 aromatic heterocycles. The van der Waals surface area contributed by atoms with Gasteiger partial charge in [0.25, 0.3) is 0 Å². The summed E-state index contributed by atoms with van der Waals surface area (Å²) in [4.78, 5) is 0.999. The summed E-state index contributed by atoms with van der Waals surface area (Å²) in [6.07, 6.45) is -0.434. The third-order valence-corrected chi connectivity index (χ3v) is 4.15. The van der Waals surface area contributed by atoms with Crippen molar-refractivity contribution < 1.29 is 5.11 Å². The Morgan fingerprint density at radius 3 is 2.75 bits per heavy atom. The third kappa shape index (κ3) is 2.96. The molecule has 0 spiro atoms. The Morgan fingerprint density at radius 1 is 1.25 bits per heavy atom. The van der Waals surface area contributed by atoms with Crippen molar-refractivity contribution in [3.05, 3.63) is 50.2 Å². The first-order chi connectivity index (χ1) is 7.77. The van der Waals surface area contributed by atoms with Crippen molar-refractivity contribution in [2.24, 2.45) is 0 Å². The highest BCUT2D eigenvalue weighted by atomic mass is 127. The van der Waals surface area contributed by atoms with E-state index in [2.05, 4.69) is 27.9 Å². The number of rotatable bonds is 4. The highest BCUT2D eigenvalue weighted by Crippen LogP contribution is 2.21. The zero-order valence-electron chi connectivity index (χ0n) is 8.56. The van der Waals surface area contributed by atoms with E-state index in [1.54, 1.807) is 11.3 Å². The molecule has 2 N–H and O–H groups in total. The Kier molecular flexibility index (Phi) is 4.20. The lowest BCUT2D eigenvalue weighted by Crippen LogP contribution is -2.11. The number of benzene rings is 1. The van der Waals surface area contributed by atoms with Crippen LogP contribution < -0.4 is 5.32 Å². The van der Waals surface area contributed by atoms with Gasteiger partial charge in [0, 0.05) is 20.7 Å². The fourth-order valence-corrected chi connectivity index (χ4v) is 2.68. The second-order valence-electron chi connectivity index (χ2n) is 3.39. The summed E-state index contributed by atoms with van der Waals surface area (Å²) in [5, 5.41) is 15.1. The van der Waals surface area contributed by atoms with E-state index in [1.165, 1.54) is 3.57 Å². The second-order valence-corrected chi connectivity index (χ2v) is 5.53. The van der Waals surface area contributed by atoms with Crippen LogP contribution >= 0.6 is 33.9 Å². The first-order valence-corrected chi connectivity index (χ1v) is 6.93. The fourth-order valence-electron chi connectivity index (χ4n) is 1.39. The molecule has 0 saturated carbocycles. The topological polar surface area (TPSA) is 32.3 Å². The molecule has 0 amide bonds. The Labute approximate surface area is 112 Å². The summed E-state index contributed by atoms with van der Waals surface area (Å²) in [5.41, 5.74) is 1.07. The normalized spacial score (nSPS) is 12.4. The number of halogens is 1. The minimum Gasteiger partial charge on any atom is -0.386 e. The Bertz CT molecular complexity index is 444. The predicted molar refractivity (Wildman–Crippen MR) is 76.9 cm³/mol. The molecule has 2 rings (SSSR count). The molecule has 4 heteroatoms. The molecule has 1 heterocycles. The molecule has 0 aliphatic rings. The zero-order valence-corrected chi connectivity index (χ0v) is 11.5. The number of nitrogens with one attached hydrogen (secondary N) is 1. The van der Waals surface area contributed by atoms with Gasteiger partial charge in [-0.1, -0.05) is 18.2 Å². The molecule has 0 aliphatic heterocycles. The maximum atomic E-state index is 9.91. The van der Waals surface area contributed by atoms with Gasteiger partial charge in [0.2, 0.25) is 0 Å². The van der Waals surface area contributed by atoms with Crippen LogP contribution in [-0.2, 0) is 0 Å². The van der Waals surface area contributed by atoms with E-state index in [9.17, 15) is 5.11 Å². The highest BCUT2D eigenvalue weighted by molar-refractivity contribution is 14.1. The standard InChI is InChI=1S/C12H12INOS/c13-9-4-1-2-5-10(9)14-8-11(15)12-6-3-7-16-12/h1-7,11,14-15H,8H2. The van der Waals surface area contributed by atoms with Gasteiger partial charge in [0.1, 0.15) is 6.10 Å².